The van der Waals surface area contributed by atoms with Gasteiger partial charge in [0.1, 0.15) is 0 Å². The number of fused-ring (bicyclic) bond motifs is 1. The summed E-state index contributed by atoms with van der Waals surface area (Å²) in [6.07, 6.45) is 1.53. The Morgan fingerprint density at radius 1 is 1.24 bits per heavy atom. The van der Waals surface area contributed by atoms with Crippen molar-refractivity contribution >= 4 is 42.8 Å². The normalized spacial score (nSPS) is 12.0. The molecule has 2 N–H and O–H groups in total. The largest absolute Gasteiger partial charge is 0.397 e. The second kappa shape index (κ2) is 6.75. The lowest BCUT2D eigenvalue weighted by Gasteiger charge is -2.10. The van der Waals surface area contributed by atoms with E-state index in [0.717, 1.165) is 11.1 Å². The van der Waals surface area contributed by atoms with Crippen LogP contribution < -0.4 is 5.73 Å². The molecule has 0 amide bonds. The van der Waals surface area contributed by atoms with Gasteiger partial charge in [-0.25, -0.2) is 17.9 Å². The Bertz CT molecular complexity index is 1050. The molecule has 0 aliphatic heterocycles. The van der Waals surface area contributed by atoms with E-state index in [2.05, 4.69) is 15.1 Å². The molecule has 0 atom stereocenters. The van der Waals surface area contributed by atoms with Gasteiger partial charge in [0.2, 0.25) is 0 Å². The Morgan fingerprint density at radius 2 is 2.00 bits per heavy atom. The Hall–Kier alpha value is -1.94. The molecule has 0 bridgehead atoms. The van der Waals surface area contributed by atoms with Crippen LogP contribution >= 0.6 is 22.3 Å². The summed E-state index contributed by atoms with van der Waals surface area (Å²) in [7, 11) is 1.21. The van der Waals surface area contributed by atoms with Crippen molar-refractivity contribution < 1.29 is 13.2 Å². The minimum absolute atomic E-state index is 0.118. The first kappa shape index (κ1) is 17.9. The number of hydrogen-bond acceptors (Lipinski definition) is 7. The Labute approximate surface area is 153 Å². The second-order valence-corrected chi connectivity index (χ2v) is 8.10. The minimum atomic E-state index is -4.01. The van der Waals surface area contributed by atoms with Crippen molar-refractivity contribution in [2.45, 2.75) is 25.3 Å². The van der Waals surface area contributed by atoms with Gasteiger partial charge in [0, 0.05) is 16.9 Å². The first-order valence-corrected chi connectivity index (χ1v) is 9.72. The third-order valence-corrected chi connectivity index (χ3v) is 4.90. The van der Waals surface area contributed by atoms with Crippen LogP contribution in [-0.4, -0.2) is 28.0 Å². The van der Waals surface area contributed by atoms with E-state index in [-0.39, 0.29) is 12.4 Å². The highest BCUT2D eigenvalue weighted by Gasteiger charge is 2.18. The molecule has 0 spiro atoms. The number of aromatic nitrogens is 4. The molecule has 0 saturated heterocycles. The summed E-state index contributed by atoms with van der Waals surface area (Å²) in [6, 6.07) is 5.22. The maximum Gasteiger partial charge on any atom is 0.298 e. The molecule has 8 nitrogen and oxygen atoms in total. The van der Waals surface area contributed by atoms with Crippen molar-refractivity contribution in [2.24, 2.45) is 0 Å². The number of ether oxygens (including phenoxy) is 1. The van der Waals surface area contributed by atoms with Gasteiger partial charge in [-0.1, -0.05) is 17.7 Å². The summed E-state index contributed by atoms with van der Waals surface area (Å²) in [5.41, 5.74) is 8.77. The van der Waals surface area contributed by atoms with Gasteiger partial charge >= 0.3 is 0 Å². The third kappa shape index (κ3) is 3.84. The zero-order chi connectivity index (χ0) is 18.2. The summed E-state index contributed by atoms with van der Waals surface area (Å²) >= 11 is 5.96. The molecule has 25 heavy (non-hydrogen) atoms. The zero-order valence-corrected chi connectivity index (χ0v) is 15.3. The van der Waals surface area contributed by atoms with E-state index < -0.39 is 14.2 Å². The van der Waals surface area contributed by atoms with Gasteiger partial charge in [-0.3, -0.25) is 0 Å². The van der Waals surface area contributed by atoms with E-state index in [1.54, 1.807) is 12.1 Å². The zero-order valence-electron chi connectivity index (χ0n) is 13.0. The predicted molar refractivity (Wildman–Crippen MR) is 92.9 cm³/mol. The maximum absolute atomic E-state index is 11.3. The van der Waals surface area contributed by atoms with E-state index in [1.165, 1.54) is 10.7 Å². The summed E-state index contributed by atoms with van der Waals surface area (Å²) in [6.45, 7) is 2.40. The first-order chi connectivity index (χ1) is 11.8. The fourth-order valence-corrected chi connectivity index (χ4v) is 2.92. The number of anilines is 1. The highest BCUT2D eigenvalue weighted by molar-refractivity contribution is 8.13. The number of nitrogens with two attached hydrogens (primary N) is 1. The van der Waals surface area contributed by atoms with Crippen LogP contribution in [0.3, 0.4) is 0 Å². The minimum Gasteiger partial charge on any atom is -0.397 e. The van der Waals surface area contributed by atoms with E-state index in [9.17, 15) is 8.42 Å². The van der Waals surface area contributed by atoms with Crippen LogP contribution in [0.4, 0.5) is 5.69 Å². The van der Waals surface area contributed by atoms with E-state index in [0.29, 0.717) is 23.0 Å². The van der Waals surface area contributed by atoms with Crippen molar-refractivity contribution in [3.63, 3.8) is 0 Å². The lowest BCUT2D eigenvalue weighted by molar-refractivity contribution is 0.104. The van der Waals surface area contributed by atoms with E-state index in [4.69, 9.17) is 32.8 Å². The lowest BCUT2D eigenvalue weighted by Crippen LogP contribution is -2.02. The molecule has 3 aromatic rings. The molecule has 2 heterocycles. The average molecular weight is 402 g/mol. The topological polar surface area (TPSA) is 112 Å². The standard InChI is InChI=1S/C14H13Cl2N5O3S/c1-8-9(2-3-11(15)12(8)17)6-24-7-10-4-5-21-13(18-10)19-14(20-21)25(16,22)23/h2-5H,6-7,17H2,1H3. The molecule has 3 rings (SSSR count). The predicted octanol–water partition coefficient (Wildman–Crippen LogP) is 2.31. The third-order valence-electron chi connectivity index (χ3n) is 3.54. The highest BCUT2D eigenvalue weighted by atomic mass is 35.7. The van der Waals surface area contributed by atoms with E-state index in [1.807, 2.05) is 13.0 Å². The van der Waals surface area contributed by atoms with Crippen molar-refractivity contribution in [3.05, 3.63) is 46.2 Å². The first-order valence-electron chi connectivity index (χ1n) is 7.04. The summed E-state index contributed by atoms with van der Waals surface area (Å²) < 4.78 is 29.4. The Kier molecular flexibility index (Phi) is 4.83. The molecule has 1 aromatic carbocycles. The molecule has 0 aliphatic rings. The van der Waals surface area contributed by atoms with Gasteiger partial charge in [-0.2, -0.15) is 4.98 Å². The van der Waals surface area contributed by atoms with Crippen LogP contribution in [-0.2, 0) is 27.0 Å². The molecule has 0 radical (unpaired) electrons. The van der Waals surface area contributed by atoms with Crippen molar-refractivity contribution in [2.75, 3.05) is 5.73 Å². The van der Waals surface area contributed by atoms with Gasteiger partial charge in [-0.15, -0.1) is 5.10 Å². The second-order valence-electron chi connectivity index (χ2n) is 5.23. The molecule has 132 valence electrons. The van der Waals surface area contributed by atoms with Crippen LogP contribution in [0.5, 0.6) is 0 Å². The highest BCUT2D eigenvalue weighted by Crippen LogP contribution is 2.25. The number of halogens is 2. The molecular formula is C14H13Cl2N5O3S. The fraction of sp³-hybridized carbons (Fsp3) is 0.214. The smallest absolute Gasteiger partial charge is 0.298 e. The van der Waals surface area contributed by atoms with Gasteiger partial charge in [-0.05, 0) is 30.2 Å². The Morgan fingerprint density at radius 3 is 2.72 bits per heavy atom. The number of nitrogen functional groups attached to an aromatic ring is 1. The van der Waals surface area contributed by atoms with Crippen LogP contribution in [0.25, 0.3) is 5.78 Å². The molecule has 11 heteroatoms. The van der Waals surface area contributed by atoms with Crippen molar-refractivity contribution in [1.82, 2.24) is 19.6 Å². The van der Waals surface area contributed by atoms with Crippen molar-refractivity contribution in [1.29, 1.82) is 0 Å². The average Bonchev–Trinajstić information content (AvgIpc) is 2.98. The molecule has 2 aromatic heterocycles. The van der Waals surface area contributed by atoms with Gasteiger partial charge in [0.05, 0.1) is 29.6 Å². The number of nitrogens with zero attached hydrogens (tertiary/aromatic N) is 4. The van der Waals surface area contributed by atoms with Crippen LogP contribution in [0.2, 0.25) is 5.02 Å². The number of hydrogen-bond donors (Lipinski definition) is 1. The number of benzene rings is 1. The van der Waals surface area contributed by atoms with Crippen LogP contribution in [0.1, 0.15) is 16.8 Å². The molecular weight excluding hydrogens is 389 g/mol. The summed E-state index contributed by atoms with van der Waals surface area (Å²) in [5, 5.41) is 3.75. The maximum atomic E-state index is 11.3. The number of rotatable bonds is 5. The summed E-state index contributed by atoms with van der Waals surface area (Å²) in [5.74, 6) is 0.118. The quantitative estimate of drug-likeness (QED) is 0.515. The molecule has 0 saturated carbocycles. The monoisotopic (exact) mass is 401 g/mol. The van der Waals surface area contributed by atoms with Crippen LogP contribution in [0, 0.1) is 6.92 Å². The lowest BCUT2D eigenvalue weighted by atomic mass is 10.1. The van der Waals surface area contributed by atoms with Crippen LogP contribution in [0.15, 0.2) is 29.6 Å². The SMILES string of the molecule is Cc1c(COCc2ccn3nc(S(=O)(=O)Cl)nc3n2)ccc(Cl)c1N. The molecule has 0 unspecified atom stereocenters. The fourth-order valence-electron chi connectivity index (χ4n) is 2.14. The Balaban J connectivity index is 1.72. The molecule has 0 aliphatic carbocycles. The summed E-state index contributed by atoms with van der Waals surface area (Å²) in [4.78, 5) is 7.97. The van der Waals surface area contributed by atoms with Gasteiger partial charge in [0.25, 0.3) is 20.0 Å². The van der Waals surface area contributed by atoms with Crippen molar-refractivity contribution in [3.8, 4) is 0 Å². The van der Waals surface area contributed by atoms with Gasteiger partial charge < -0.3 is 10.5 Å². The van der Waals surface area contributed by atoms with Gasteiger partial charge in [0.15, 0.2) is 0 Å². The molecule has 0 fully saturated rings. The van der Waals surface area contributed by atoms with E-state index >= 15 is 0 Å².